The summed E-state index contributed by atoms with van der Waals surface area (Å²) in [4.78, 5) is 11.1. The van der Waals surface area contributed by atoms with Crippen LogP contribution in [0.15, 0.2) is 6.07 Å². The fourth-order valence-electron chi connectivity index (χ4n) is 2.16. The predicted molar refractivity (Wildman–Crippen MR) is 68.6 cm³/mol. The Morgan fingerprint density at radius 2 is 2.29 bits per heavy atom. The van der Waals surface area contributed by atoms with Crippen molar-refractivity contribution in [1.82, 2.24) is 9.97 Å². The van der Waals surface area contributed by atoms with Crippen LogP contribution in [0, 0.1) is 6.92 Å². The molecule has 1 N–H and O–H groups in total. The molecule has 0 aromatic carbocycles. The number of nitrogens with zero attached hydrogens (tertiary/aromatic N) is 3. The Balaban J connectivity index is 2.18. The minimum absolute atomic E-state index is 0.317. The molecule has 0 bridgehead atoms. The molecule has 0 aliphatic carbocycles. The van der Waals surface area contributed by atoms with E-state index in [2.05, 4.69) is 20.2 Å². The smallest absolute Gasteiger partial charge is 0.224 e. The largest absolute Gasteiger partial charge is 0.380 e. The van der Waals surface area contributed by atoms with Gasteiger partial charge in [-0.3, -0.25) is 0 Å². The Morgan fingerprint density at radius 3 is 3.00 bits per heavy atom. The average molecular weight is 236 g/mol. The molecule has 2 rings (SSSR count). The highest BCUT2D eigenvalue weighted by Gasteiger charge is 2.21. The monoisotopic (exact) mass is 236 g/mol. The number of hydrogen-bond donors (Lipinski definition) is 1. The second-order valence-electron chi connectivity index (χ2n) is 4.39. The number of aromatic nitrogens is 2. The Labute approximate surface area is 102 Å². The highest BCUT2D eigenvalue weighted by atomic mass is 16.5. The molecule has 1 aliphatic heterocycles. The van der Waals surface area contributed by atoms with E-state index in [0.29, 0.717) is 12.1 Å². The molecule has 1 aromatic heterocycles. The molecule has 1 atom stereocenters. The number of anilines is 2. The molecule has 1 aromatic rings. The molecule has 1 aliphatic rings. The lowest BCUT2D eigenvalue weighted by atomic mass is 10.1. The minimum atomic E-state index is 0.317. The molecule has 1 saturated heterocycles. The molecule has 5 heteroatoms. The van der Waals surface area contributed by atoms with Crippen LogP contribution in [0.3, 0.4) is 0 Å². The van der Waals surface area contributed by atoms with Gasteiger partial charge in [0.1, 0.15) is 5.82 Å². The number of aryl methyl sites for hydroxylation is 1. The Hall–Kier alpha value is -1.36. The van der Waals surface area contributed by atoms with E-state index in [9.17, 15) is 0 Å². The van der Waals surface area contributed by atoms with Crippen molar-refractivity contribution in [2.75, 3.05) is 37.5 Å². The Morgan fingerprint density at radius 1 is 1.47 bits per heavy atom. The fraction of sp³-hybridized carbons (Fsp3) is 0.667. The fourth-order valence-corrected chi connectivity index (χ4v) is 2.16. The third-order valence-electron chi connectivity index (χ3n) is 3.10. The van der Waals surface area contributed by atoms with Crippen LogP contribution in [0.5, 0.6) is 0 Å². The summed E-state index contributed by atoms with van der Waals surface area (Å²) in [7, 11) is 3.62. The minimum Gasteiger partial charge on any atom is -0.380 e. The van der Waals surface area contributed by atoms with Gasteiger partial charge in [-0.15, -0.1) is 0 Å². The van der Waals surface area contributed by atoms with Crippen LogP contribution in [-0.4, -0.2) is 43.3 Å². The van der Waals surface area contributed by atoms with Crippen LogP contribution in [-0.2, 0) is 4.74 Å². The summed E-state index contributed by atoms with van der Waals surface area (Å²) < 4.78 is 5.43. The number of methoxy groups -OCH3 is 1. The van der Waals surface area contributed by atoms with Gasteiger partial charge in [0.2, 0.25) is 5.95 Å². The van der Waals surface area contributed by atoms with Crippen molar-refractivity contribution in [2.45, 2.75) is 25.9 Å². The normalized spacial score (nSPS) is 20.4. The van der Waals surface area contributed by atoms with E-state index in [1.807, 2.05) is 20.0 Å². The van der Waals surface area contributed by atoms with Gasteiger partial charge in [-0.1, -0.05) is 0 Å². The highest BCUT2D eigenvalue weighted by molar-refractivity contribution is 5.45. The zero-order valence-electron chi connectivity index (χ0n) is 10.7. The first-order chi connectivity index (χ1) is 8.22. The molecule has 17 heavy (non-hydrogen) atoms. The van der Waals surface area contributed by atoms with Crippen molar-refractivity contribution in [3.8, 4) is 0 Å². The van der Waals surface area contributed by atoms with E-state index in [-0.39, 0.29) is 0 Å². The maximum atomic E-state index is 5.43. The van der Waals surface area contributed by atoms with Crippen LogP contribution < -0.4 is 10.2 Å². The summed E-state index contributed by atoms with van der Waals surface area (Å²) in [6.07, 6.45) is 2.60. The Bertz CT molecular complexity index is 383. The van der Waals surface area contributed by atoms with E-state index >= 15 is 0 Å². The lowest BCUT2D eigenvalue weighted by Gasteiger charge is -2.32. The first-order valence-corrected chi connectivity index (χ1v) is 6.04. The number of hydrogen-bond acceptors (Lipinski definition) is 5. The SMILES string of the molecule is CNc1nc(C)cc(N2CCCC(OC)C2)n1. The number of ether oxygens (including phenoxy) is 1. The first kappa shape index (κ1) is 12.1. The van der Waals surface area contributed by atoms with E-state index in [1.165, 1.54) is 0 Å². The zero-order chi connectivity index (χ0) is 12.3. The number of nitrogens with one attached hydrogen (secondary N) is 1. The molecule has 0 saturated carbocycles. The van der Waals surface area contributed by atoms with Gasteiger partial charge in [0.25, 0.3) is 0 Å². The van der Waals surface area contributed by atoms with Gasteiger partial charge < -0.3 is 15.0 Å². The maximum Gasteiger partial charge on any atom is 0.224 e. The molecular formula is C12H20N4O. The summed E-state index contributed by atoms with van der Waals surface area (Å²) in [6, 6.07) is 2.03. The number of piperidine rings is 1. The van der Waals surface area contributed by atoms with Crippen molar-refractivity contribution in [1.29, 1.82) is 0 Å². The van der Waals surface area contributed by atoms with E-state index in [4.69, 9.17) is 4.74 Å². The van der Waals surface area contributed by atoms with Gasteiger partial charge in [0.15, 0.2) is 0 Å². The van der Waals surface area contributed by atoms with Crippen LogP contribution in [0.25, 0.3) is 0 Å². The molecule has 94 valence electrons. The molecule has 2 heterocycles. The van der Waals surface area contributed by atoms with E-state index in [0.717, 1.165) is 37.4 Å². The second kappa shape index (κ2) is 5.31. The summed E-state index contributed by atoms with van der Waals surface area (Å²) in [5.74, 6) is 1.67. The third kappa shape index (κ3) is 2.85. The predicted octanol–water partition coefficient (Wildman–Crippen LogP) is 1.44. The van der Waals surface area contributed by atoms with Gasteiger partial charge in [-0.25, -0.2) is 4.98 Å². The molecule has 0 radical (unpaired) electrons. The van der Waals surface area contributed by atoms with Crippen molar-refractivity contribution >= 4 is 11.8 Å². The lowest BCUT2D eigenvalue weighted by Crippen LogP contribution is -2.39. The molecule has 1 fully saturated rings. The van der Waals surface area contributed by atoms with Crippen LogP contribution in [0.4, 0.5) is 11.8 Å². The summed E-state index contributed by atoms with van der Waals surface area (Å²) >= 11 is 0. The molecule has 5 nitrogen and oxygen atoms in total. The van der Waals surface area contributed by atoms with Crippen molar-refractivity contribution in [2.24, 2.45) is 0 Å². The van der Waals surface area contributed by atoms with Gasteiger partial charge >= 0.3 is 0 Å². The standard InChI is InChI=1S/C12H20N4O/c1-9-7-11(15-12(13-2)14-9)16-6-4-5-10(8-16)17-3/h7,10H,4-6,8H2,1-3H3,(H,13,14,15). The third-order valence-corrected chi connectivity index (χ3v) is 3.10. The zero-order valence-corrected chi connectivity index (χ0v) is 10.7. The van der Waals surface area contributed by atoms with Gasteiger partial charge in [-0.2, -0.15) is 4.98 Å². The quantitative estimate of drug-likeness (QED) is 0.860. The van der Waals surface area contributed by atoms with Gasteiger partial charge in [0, 0.05) is 39.0 Å². The molecule has 1 unspecified atom stereocenters. The second-order valence-corrected chi connectivity index (χ2v) is 4.39. The van der Waals surface area contributed by atoms with Gasteiger partial charge in [0.05, 0.1) is 6.10 Å². The molecular weight excluding hydrogens is 216 g/mol. The van der Waals surface area contributed by atoms with E-state index in [1.54, 1.807) is 7.11 Å². The van der Waals surface area contributed by atoms with E-state index < -0.39 is 0 Å². The van der Waals surface area contributed by atoms with Crippen molar-refractivity contribution in [3.05, 3.63) is 11.8 Å². The van der Waals surface area contributed by atoms with Gasteiger partial charge in [-0.05, 0) is 19.8 Å². The summed E-state index contributed by atoms with van der Waals surface area (Å²) in [5, 5.41) is 2.99. The van der Waals surface area contributed by atoms with Crippen LogP contribution >= 0.6 is 0 Å². The molecule has 0 spiro atoms. The lowest BCUT2D eigenvalue weighted by molar-refractivity contribution is 0.0891. The summed E-state index contributed by atoms with van der Waals surface area (Å²) in [5.41, 5.74) is 0.985. The van der Waals surface area contributed by atoms with Crippen molar-refractivity contribution < 1.29 is 4.74 Å². The highest BCUT2D eigenvalue weighted by Crippen LogP contribution is 2.20. The topological polar surface area (TPSA) is 50.3 Å². The Kier molecular flexibility index (Phi) is 3.78. The van der Waals surface area contributed by atoms with Crippen molar-refractivity contribution in [3.63, 3.8) is 0 Å². The maximum absolute atomic E-state index is 5.43. The van der Waals surface area contributed by atoms with Crippen LogP contribution in [0.2, 0.25) is 0 Å². The average Bonchev–Trinajstić information content (AvgIpc) is 2.38. The summed E-state index contributed by atoms with van der Waals surface area (Å²) in [6.45, 7) is 3.94. The molecule has 0 amide bonds. The van der Waals surface area contributed by atoms with Crippen LogP contribution in [0.1, 0.15) is 18.5 Å². The first-order valence-electron chi connectivity index (χ1n) is 6.04. The number of rotatable bonds is 3.